The van der Waals surface area contributed by atoms with E-state index in [1.54, 1.807) is 0 Å². The molecular weight excluding hydrogens is 410 g/mol. The zero-order valence-electron chi connectivity index (χ0n) is 19.4. The minimum atomic E-state index is -0.0137. The molecule has 0 aliphatic carbocycles. The van der Waals surface area contributed by atoms with Gasteiger partial charge >= 0.3 is 0 Å². The second-order valence-electron chi connectivity index (χ2n) is 8.71. The summed E-state index contributed by atoms with van der Waals surface area (Å²) in [6, 6.07) is 17.4. The number of nitrogens with one attached hydrogen (secondary N) is 1. The van der Waals surface area contributed by atoms with Crippen LogP contribution in [0.4, 0.5) is 0 Å². The number of aromatic amines is 1. The minimum absolute atomic E-state index is 0.00255. The molecule has 0 saturated carbocycles. The first kappa shape index (κ1) is 21.3. The van der Waals surface area contributed by atoms with Crippen LogP contribution in [0.25, 0.3) is 43.6 Å². The summed E-state index contributed by atoms with van der Waals surface area (Å²) in [5.41, 5.74) is 4.34. The van der Waals surface area contributed by atoms with Crippen LogP contribution < -0.4 is 15.9 Å². The van der Waals surface area contributed by atoms with Crippen molar-refractivity contribution >= 4 is 43.6 Å². The van der Waals surface area contributed by atoms with Crippen molar-refractivity contribution in [3.8, 4) is 0 Å². The Morgan fingerprint density at radius 3 is 2.15 bits per heavy atom. The number of aromatic nitrogens is 2. The molecule has 2 aromatic heterocycles. The largest absolute Gasteiger partial charge is 0.354 e. The molecule has 0 amide bonds. The lowest BCUT2D eigenvalue weighted by atomic mass is 10.0. The molecule has 0 bridgehead atoms. The average molecular weight is 440 g/mol. The molecule has 0 radical (unpaired) electrons. The molecule has 0 unspecified atom stereocenters. The van der Waals surface area contributed by atoms with Crippen molar-refractivity contribution in [2.75, 3.05) is 18.1 Å². The Hall–Kier alpha value is -3.60. The number of benzene rings is 3. The summed E-state index contributed by atoms with van der Waals surface area (Å²) in [7, 11) is 0. The molecule has 0 spiro atoms. The Kier molecular flexibility index (Phi) is 5.41. The molecule has 0 aliphatic heterocycles. The Labute approximate surface area is 192 Å². The highest BCUT2D eigenvalue weighted by Gasteiger charge is 2.18. The molecule has 5 rings (SSSR count). The number of fused-ring (bicyclic) bond motifs is 4. The van der Waals surface area contributed by atoms with Crippen LogP contribution >= 0.6 is 0 Å². The number of para-hydroxylation sites is 1. The SMILES string of the molecule is CCCN(CCC)n1c2cc(CC)ccc2c(=O)c2cc3[nH]c4ccccc4c(=O)c3cc21. The Balaban J connectivity index is 2.00. The van der Waals surface area contributed by atoms with Gasteiger partial charge in [-0.15, -0.1) is 0 Å². The maximum Gasteiger partial charge on any atom is 0.197 e. The molecule has 5 aromatic rings. The molecule has 0 fully saturated rings. The van der Waals surface area contributed by atoms with Crippen molar-refractivity contribution in [3.63, 3.8) is 0 Å². The van der Waals surface area contributed by atoms with Gasteiger partial charge in [-0.05, 0) is 61.2 Å². The Morgan fingerprint density at radius 2 is 1.42 bits per heavy atom. The molecule has 2 heterocycles. The van der Waals surface area contributed by atoms with Gasteiger partial charge in [-0.1, -0.05) is 39.0 Å². The number of hydrogen-bond donors (Lipinski definition) is 1. The lowest BCUT2D eigenvalue weighted by molar-refractivity contribution is 0.595. The summed E-state index contributed by atoms with van der Waals surface area (Å²) >= 11 is 0. The van der Waals surface area contributed by atoms with E-state index >= 15 is 0 Å². The van der Waals surface area contributed by atoms with Gasteiger partial charge in [-0.3, -0.25) is 14.3 Å². The van der Waals surface area contributed by atoms with E-state index in [1.807, 2.05) is 48.5 Å². The number of rotatable bonds is 6. The van der Waals surface area contributed by atoms with E-state index in [2.05, 4.69) is 41.5 Å². The van der Waals surface area contributed by atoms with Crippen LogP contribution in [0, 0.1) is 0 Å². The predicted octanol–water partition coefficient (Wildman–Crippen LogP) is 5.47. The molecule has 5 heteroatoms. The van der Waals surface area contributed by atoms with Crippen molar-refractivity contribution in [2.45, 2.75) is 40.0 Å². The van der Waals surface area contributed by atoms with Gasteiger partial charge in [0.1, 0.15) is 0 Å². The monoisotopic (exact) mass is 439 g/mol. The van der Waals surface area contributed by atoms with Crippen LogP contribution in [0.15, 0.2) is 64.2 Å². The van der Waals surface area contributed by atoms with E-state index in [1.165, 1.54) is 5.56 Å². The zero-order chi connectivity index (χ0) is 23.1. The van der Waals surface area contributed by atoms with Crippen LogP contribution in [0.3, 0.4) is 0 Å². The van der Waals surface area contributed by atoms with Crippen LogP contribution in [0.1, 0.15) is 39.2 Å². The maximum atomic E-state index is 13.6. The quantitative estimate of drug-likeness (QED) is 0.357. The summed E-state index contributed by atoms with van der Waals surface area (Å²) in [6.45, 7) is 8.18. The molecule has 0 saturated heterocycles. The van der Waals surface area contributed by atoms with Gasteiger partial charge in [0.25, 0.3) is 0 Å². The summed E-state index contributed by atoms with van der Waals surface area (Å²) in [5, 5.41) is 4.91. The smallest absolute Gasteiger partial charge is 0.197 e. The lowest BCUT2D eigenvalue weighted by Gasteiger charge is -2.30. The summed E-state index contributed by atoms with van der Waals surface area (Å²) in [5.74, 6) is 0. The van der Waals surface area contributed by atoms with Crippen molar-refractivity contribution in [3.05, 3.63) is 80.6 Å². The Morgan fingerprint density at radius 1 is 0.727 bits per heavy atom. The second-order valence-corrected chi connectivity index (χ2v) is 8.71. The van der Waals surface area contributed by atoms with E-state index < -0.39 is 0 Å². The van der Waals surface area contributed by atoms with Gasteiger partial charge in [-0.2, -0.15) is 0 Å². The van der Waals surface area contributed by atoms with Crippen molar-refractivity contribution in [1.29, 1.82) is 0 Å². The highest BCUT2D eigenvalue weighted by molar-refractivity contribution is 6.03. The highest BCUT2D eigenvalue weighted by atomic mass is 16.1. The van der Waals surface area contributed by atoms with E-state index in [0.717, 1.165) is 48.9 Å². The highest BCUT2D eigenvalue weighted by Crippen LogP contribution is 2.25. The minimum Gasteiger partial charge on any atom is -0.354 e. The van der Waals surface area contributed by atoms with Crippen LogP contribution in [-0.4, -0.2) is 22.7 Å². The van der Waals surface area contributed by atoms with Gasteiger partial charge in [0.15, 0.2) is 10.9 Å². The number of nitrogens with zero attached hydrogens (tertiary/aromatic N) is 2. The van der Waals surface area contributed by atoms with E-state index in [0.29, 0.717) is 27.1 Å². The third-order valence-electron chi connectivity index (χ3n) is 6.48. The molecule has 168 valence electrons. The lowest BCUT2D eigenvalue weighted by Crippen LogP contribution is -2.37. The molecule has 1 N–H and O–H groups in total. The summed E-state index contributed by atoms with van der Waals surface area (Å²) < 4.78 is 2.19. The number of hydrogen-bond acceptors (Lipinski definition) is 3. The van der Waals surface area contributed by atoms with Crippen LogP contribution in [0.2, 0.25) is 0 Å². The van der Waals surface area contributed by atoms with Crippen molar-refractivity contribution in [2.24, 2.45) is 0 Å². The van der Waals surface area contributed by atoms with Gasteiger partial charge in [0.05, 0.1) is 21.9 Å². The molecular formula is C28H29N3O2. The fourth-order valence-corrected chi connectivity index (χ4v) is 4.89. The van der Waals surface area contributed by atoms with E-state index in [-0.39, 0.29) is 10.9 Å². The van der Waals surface area contributed by atoms with Crippen molar-refractivity contribution in [1.82, 2.24) is 9.66 Å². The maximum absolute atomic E-state index is 13.6. The van der Waals surface area contributed by atoms with Crippen LogP contribution in [-0.2, 0) is 6.42 Å². The normalized spacial score (nSPS) is 11.7. The summed E-state index contributed by atoms with van der Waals surface area (Å²) in [6.07, 6.45) is 2.87. The van der Waals surface area contributed by atoms with Gasteiger partial charge in [0.2, 0.25) is 0 Å². The first-order chi connectivity index (χ1) is 16.1. The van der Waals surface area contributed by atoms with E-state index in [4.69, 9.17) is 0 Å². The second kappa shape index (κ2) is 8.39. The molecule has 33 heavy (non-hydrogen) atoms. The average Bonchev–Trinajstić information content (AvgIpc) is 2.84. The number of H-pyrrole nitrogens is 1. The topological polar surface area (TPSA) is 58.1 Å². The standard InChI is InChI=1S/C28H29N3O2/c1-4-13-30(14-5-2)31-25-15-18(6-3)11-12-20(25)28(33)22-16-24-21(17-26(22)31)27(32)19-9-7-8-10-23(19)29-24/h7-12,15-17H,4-6,13-14H2,1-3H3,(H,29,32). The first-order valence-electron chi connectivity index (χ1n) is 11.9. The van der Waals surface area contributed by atoms with Crippen LogP contribution in [0.5, 0.6) is 0 Å². The van der Waals surface area contributed by atoms with Gasteiger partial charge < -0.3 is 9.99 Å². The Bertz CT molecular complexity index is 1620. The number of pyridine rings is 2. The third kappa shape index (κ3) is 3.39. The van der Waals surface area contributed by atoms with E-state index in [9.17, 15) is 9.59 Å². The summed E-state index contributed by atoms with van der Waals surface area (Å²) in [4.78, 5) is 30.4. The molecule has 0 aliphatic rings. The fraction of sp³-hybridized carbons (Fsp3) is 0.286. The first-order valence-corrected chi connectivity index (χ1v) is 11.9. The van der Waals surface area contributed by atoms with Crippen molar-refractivity contribution < 1.29 is 0 Å². The number of aryl methyl sites for hydroxylation is 1. The third-order valence-corrected chi connectivity index (χ3v) is 6.48. The van der Waals surface area contributed by atoms with Gasteiger partial charge in [0, 0.05) is 34.8 Å². The molecule has 0 atom stereocenters. The molecule has 3 aromatic carbocycles. The predicted molar refractivity (Wildman–Crippen MR) is 139 cm³/mol. The zero-order valence-corrected chi connectivity index (χ0v) is 19.4. The molecule has 5 nitrogen and oxygen atoms in total. The van der Waals surface area contributed by atoms with Gasteiger partial charge in [-0.25, -0.2) is 0 Å². The fourth-order valence-electron chi connectivity index (χ4n) is 4.89.